The largest absolute Gasteiger partial charge is 0.381 e. The average Bonchev–Trinajstić information content (AvgIpc) is 2.19. The molecule has 0 aliphatic carbocycles. The van der Waals surface area contributed by atoms with Gasteiger partial charge in [0.15, 0.2) is 0 Å². The molecule has 3 nitrogen and oxygen atoms in total. The molecule has 14 heavy (non-hydrogen) atoms. The van der Waals surface area contributed by atoms with Gasteiger partial charge < -0.3 is 9.64 Å². The molecule has 0 aromatic heterocycles. The van der Waals surface area contributed by atoms with Gasteiger partial charge in [-0.15, -0.1) is 0 Å². The molecule has 0 saturated carbocycles. The van der Waals surface area contributed by atoms with Crippen molar-refractivity contribution >= 4 is 5.91 Å². The van der Waals surface area contributed by atoms with Crippen LogP contribution in [0.25, 0.3) is 0 Å². The summed E-state index contributed by atoms with van der Waals surface area (Å²) < 4.78 is 4.84. The summed E-state index contributed by atoms with van der Waals surface area (Å²) in [5.74, 6) is 0.885. The lowest BCUT2D eigenvalue weighted by Crippen LogP contribution is -2.36. The van der Waals surface area contributed by atoms with Crippen LogP contribution < -0.4 is 0 Å². The summed E-state index contributed by atoms with van der Waals surface area (Å²) in [6.07, 6.45) is 5.63. The lowest BCUT2D eigenvalue weighted by Gasteiger charge is -2.29. The molecule has 1 heterocycles. The topological polar surface area (TPSA) is 29.5 Å². The predicted octanol–water partition coefficient (Wildman–Crippen LogP) is 1.45. The minimum atomic E-state index is 0.119. The molecule has 0 aromatic rings. The Morgan fingerprint density at radius 3 is 2.71 bits per heavy atom. The molecule has 0 spiro atoms. The zero-order valence-corrected chi connectivity index (χ0v) is 9.03. The number of nitrogens with zero attached hydrogens (tertiary/aromatic N) is 1. The van der Waals surface area contributed by atoms with Crippen molar-refractivity contribution in [2.45, 2.75) is 19.8 Å². The number of ether oxygens (including phenoxy) is 1. The van der Waals surface area contributed by atoms with Gasteiger partial charge in [-0.2, -0.15) is 0 Å². The second-order valence-corrected chi connectivity index (χ2v) is 3.87. The van der Waals surface area contributed by atoms with E-state index in [4.69, 9.17) is 4.74 Å². The molecule has 3 heteroatoms. The van der Waals surface area contributed by atoms with E-state index in [1.165, 1.54) is 0 Å². The van der Waals surface area contributed by atoms with Gasteiger partial charge in [0.1, 0.15) is 0 Å². The molecule has 0 aromatic carbocycles. The molecule has 0 radical (unpaired) electrons. The molecule has 1 fully saturated rings. The van der Waals surface area contributed by atoms with Crippen LogP contribution in [-0.2, 0) is 9.53 Å². The van der Waals surface area contributed by atoms with Gasteiger partial charge in [0.2, 0.25) is 5.91 Å². The molecular formula is C11H19NO2. The second kappa shape index (κ2) is 5.81. The van der Waals surface area contributed by atoms with Crippen LogP contribution in [0.3, 0.4) is 0 Å². The van der Waals surface area contributed by atoms with Crippen LogP contribution in [0.5, 0.6) is 0 Å². The van der Waals surface area contributed by atoms with E-state index in [-0.39, 0.29) is 5.91 Å². The third-order valence-corrected chi connectivity index (χ3v) is 2.62. The van der Waals surface area contributed by atoms with Crippen molar-refractivity contribution < 1.29 is 9.53 Å². The lowest BCUT2D eigenvalue weighted by atomic mass is 9.99. The van der Waals surface area contributed by atoms with Gasteiger partial charge in [0, 0.05) is 26.3 Å². The molecule has 0 N–H and O–H groups in total. The maximum Gasteiger partial charge on any atom is 0.246 e. The standard InChI is InChI=1S/C11H19NO2/c1-10-5-7-12(8-6-10)11(13)4-3-9-14-2/h3-4,10H,5-9H2,1-2H3/b4-3+. The van der Waals surface area contributed by atoms with Crippen molar-refractivity contribution in [1.82, 2.24) is 4.90 Å². The highest BCUT2D eigenvalue weighted by atomic mass is 16.5. The lowest BCUT2D eigenvalue weighted by molar-refractivity contribution is -0.127. The van der Waals surface area contributed by atoms with Crippen molar-refractivity contribution in [2.75, 3.05) is 26.8 Å². The third kappa shape index (κ3) is 3.50. The van der Waals surface area contributed by atoms with Crippen molar-refractivity contribution in [3.8, 4) is 0 Å². The first-order valence-corrected chi connectivity index (χ1v) is 5.18. The van der Waals surface area contributed by atoms with Gasteiger partial charge in [-0.1, -0.05) is 13.0 Å². The van der Waals surface area contributed by atoms with Crippen LogP contribution >= 0.6 is 0 Å². The van der Waals surface area contributed by atoms with E-state index >= 15 is 0 Å². The first kappa shape index (κ1) is 11.2. The van der Waals surface area contributed by atoms with Gasteiger partial charge in [-0.05, 0) is 18.8 Å². The maximum absolute atomic E-state index is 11.6. The van der Waals surface area contributed by atoms with Crippen molar-refractivity contribution in [3.63, 3.8) is 0 Å². The number of carbonyl (C=O) groups excluding carboxylic acids is 1. The molecule has 1 rings (SSSR count). The summed E-state index contributed by atoms with van der Waals surface area (Å²) in [5, 5.41) is 0. The molecule has 1 aliphatic heterocycles. The molecule has 0 atom stereocenters. The first-order valence-electron chi connectivity index (χ1n) is 5.18. The summed E-state index contributed by atoms with van der Waals surface area (Å²) >= 11 is 0. The predicted molar refractivity (Wildman–Crippen MR) is 56.0 cm³/mol. The van der Waals surface area contributed by atoms with Crippen LogP contribution in [0, 0.1) is 5.92 Å². The summed E-state index contributed by atoms with van der Waals surface area (Å²) in [5.41, 5.74) is 0. The summed E-state index contributed by atoms with van der Waals surface area (Å²) in [6, 6.07) is 0. The Morgan fingerprint density at radius 2 is 2.14 bits per heavy atom. The Labute approximate surface area is 85.7 Å². The zero-order chi connectivity index (χ0) is 10.4. The van der Waals surface area contributed by atoms with Crippen molar-refractivity contribution in [1.29, 1.82) is 0 Å². The molecular weight excluding hydrogens is 178 g/mol. The van der Waals surface area contributed by atoms with E-state index in [1.54, 1.807) is 19.3 Å². The zero-order valence-electron chi connectivity index (χ0n) is 9.03. The molecule has 0 bridgehead atoms. The van der Waals surface area contributed by atoms with E-state index in [1.807, 2.05) is 4.90 Å². The SMILES string of the molecule is COC/C=C/C(=O)N1CCC(C)CC1. The highest BCUT2D eigenvalue weighted by Crippen LogP contribution is 2.15. The molecule has 1 saturated heterocycles. The van der Waals surface area contributed by atoms with Crippen LogP contribution in [0.1, 0.15) is 19.8 Å². The van der Waals surface area contributed by atoms with Crippen LogP contribution in [0.15, 0.2) is 12.2 Å². The summed E-state index contributed by atoms with van der Waals surface area (Å²) in [6.45, 7) is 4.55. The van der Waals surface area contributed by atoms with Crippen molar-refractivity contribution in [3.05, 3.63) is 12.2 Å². The maximum atomic E-state index is 11.6. The Bertz CT molecular complexity index is 205. The highest BCUT2D eigenvalue weighted by molar-refractivity contribution is 5.87. The molecule has 1 aliphatic rings. The van der Waals surface area contributed by atoms with Crippen LogP contribution in [0.4, 0.5) is 0 Å². The molecule has 0 unspecified atom stereocenters. The number of methoxy groups -OCH3 is 1. The fourth-order valence-electron chi connectivity index (χ4n) is 1.58. The number of amides is 1. The minimum Gasteiger partial charge on any atom is -0.381 e. The number of piperidine rings is 1. The van der Waals surface area contributed by atoms with Gasteiger partial charge in [0.05, 0.1) is 6.61 Å². The smallest absolute Gasteiger partial charge is 0.246 e. The average molecular weight is 197 g/mol. The summed E-state index contributed by atoms with van der Waals surface area (Å²) in [4.78, 5) is 13.5. The van der Waals surface area contributed by atoms with Crippen molar-refractivity contribution in [2.24, 2.45) is 5.92 Å². The third-order valence-electron chi connectivity index (χ3n) is 2.62. The van der Waals surface area contributed by atoms with E-state index in [0.29, 0.717) is 6.61 Å². The molecule has 80 valence electrons. The summed E-state index contributed by atoms with van der Waals surface area (Å²) in [7, 11) is 1.62. The Morgan fingerprint density at radius 1 is 1.50 bits per heavy atom. The van der Waals surface area contributed by atoms with Crippen LogP contribution in [0.2, 0.25) is 0 Å². The normalized spacial score (nSPS) is 19.1. The van der Waals surface area contributed by atoms with Crippen LogP contribution in [-0.4, -0.2) is 37.6 Å². The Balaban J connectivity index is 2.30. The number of hydrogen-bond acceptors (Lipinski definition) is 2. The number of hydrogen-bond donors (Lipinski definition) is 0. The number of rotatable bonds is 3. The van der Waals surface area contributed by atoms with E-state index < -0.39 is 0 Å². The van der Waals surface area contributed by atoms with Gasteiger partial charge in [-0.3, -0.25) is 4.79 Å². The fraction of sp³-hybridized carbons (Fsp3) is 0.727. The van der Waals surface area contributed by atoms with Gasteiger partial charge in [-0.25, -0.2) is 0 Å². The minimum absolute atomic E-state index is 0.119. The quantitative estimate of drug-likeness (QED) is 0.641. The van der Waals surface area contributed by atoms with Gasteiger partial charge in [0.25, 0.3) is 0 Å². The highest BCUT2D eigenvalue weighted by Gasteiger charge is 2.17. The monoisotopic (exact) mass is 197 g/mol. The first-order chi connectivity index (χ1) is 6.74. The number of carbonyl (C=O) groups is 1. The molecule has 1 amide bonds. The van der Waals surface area contributed by atoms with E-state index in [0.717, 1.165) is 31.8 Å². The van der Waals surface area contributed by atoms with Gasteiger partial charge >= 0.3 is 0 Å². The van der Waals surface area contributed by atoms with E-state index in [9.17, 15) is 4.79 Å². The number of likely N-dealkylation sites (tertiary alicyclic amines) is 1. The second-order valence-electron chi connectivity index (χ2n) is 3.87. The fourth-order valence-corrected chi connectivity index (χ4v) is 1.58. The Hall–Kier alpha value is -0.830. The van der Waals surface area contributed by atoms with E-state index in [2.05, 4.69) is 6.92 Å². The Kier molecular flexibility index (Phi) is 4.66.